The number of aromatic nitrogens is 1. The van der Waals surface area contributed by atoms with Gasteiger partial charge < -0.3 is 20.9 Å². The minimum Gasteiger partial charge on any atom is -0.364 e. The van der Waals surface area contributed by atoms with E-state index < -0.39 is 11.8 Å². The van der Waals surface area contributed by atoms with Crippen molar-refractivity contribution in [3.05, 3.63) is 29.6 Å². The minimum absolute atomic E-state index is 0.0121. The highest BCUT2D eigenvalue weighted by molar-refractivity contribution is 5.95. The fourth-order valence-corrected chi connectivity index (χ4v) is 4.28. The normalized spacial score (nSPS) is 22.0. The summed E-state index contributed by atoms with van der Waals surface area (Å²) in [6, 6.07) is 4.33. The number of primary amides is 1. The van der Waals surface area contributed by atoms with Crippen molar-refractivity contribution < 1.29 is 19.2 Å². The Morgan fingerprint density at radius 3 is 2.68 bits per heavy atom. The van der Waals surface area contributed by atoms with E-state index in [1.807, 2.05) is 6.92 Å². The third-order valence-electron chi connectivity index (χ3n) is 5.86. The van der Waals surface area contributed by atoms with Gasteiger partial charge in [-0.05, 0) is 31.4 Å². The second-order valence-electron chi connectivity index (χ2n) is 8.32. The topological polar surface area (TPSA) is 126 Å². The third-order valence-corrected chi connectivity index (χ3v) is 5.86. The smallest absolute Gasteiger partial charge is 0.270 e. The summed E-state index contributed by atoms with van der Waals surface area (Å²) in [5.41, 5.74) is 5.40. The van der Waals surface area contributed by atoms with Gasteiger partial charge in [0.05, 0.1) is 5.92 Å². The molecule has 0 saturated carbocycles. The van der Waals surface area contributed by atoms with Crippen molar-refractivity contribution in [3.63, 3.8) is 0 Å². The van der Waals surface area contributed by atoms with Crippen LogP contribution in [-0.2, 0) is 9.59 Å². The highest BCUT2D eigenvalue weighted by atomic mass is 16.2. The summed E-state index contributed by atoms with van der Waals surface area (Å²) in [5.74, 6) is -1.38. The monoisotopic (exact) mass is 429 g/mol. The second-order valence-corrected chi connectivity index (χ2v) is 8.32. The summed E-state index contributed by atoms with van der Waals surface area (Å²) >= 11 is 0. The molecule has 9 nitrogen and oxygen atoms in total. The lowest BCUT2D eigenvalue weighted by Crippen LogP contribution is -2.49. The summed E-state index contributed by atoms with van der Waals surface area (Å²) < 4.78 is 0. The van der Waals surface area contributed by atoms with Gasteiger partial charge in [-0.15, -0.1) is 0 Å². The molecule has 0 radical (unpaired) electrons. The molecular formula is C22H31N5O4. The molecule has 168 valence electrons. The van der Waals surface area contributed by atoms with E-state index in [2.05, 4.69) is 10.3 Å². The van der Waals surface area contributed by atoms with Crippen LogP contribution in [0, 0.1) is 5.92 Å². The Hall–Kier alpha value is -2.97. The molecule has 3 N–H and O–H groups in total. The molecule has 3 rings (SSSR count). The molecule has 9 heteroatoms. The van der Waals surface area contributed by atoms with E-state index in [9.17, 15) is 19.2 Å². The summed E-state index contributed by atoms with van der Waals surface area (Å²) in [6.45, 7) is 4.20. The van der Waals surface area contributed by atoms with E-state index in [0.717, 1.165) is 32.1 Å². The zero-order chi connectivity index (χ0) is 22.4. The van der Waals surface area contributed by atoms with Crippen molar-refractivity contribution >= 4 is 23.6 Å². The highest BCUT2D eigenvalue weighted by Crippen LogP contribution is 2.22. The molecule has 0 aliphatic carbocycles. The number of likely N-dealkylation sites (tertiary alicyclic amines) is 2. The van der Waals surface area contributed by atoms with E-state index in [1.54, 1.807) is 15.9 Å². The molecule has 2 fully saturated rings. The van der Waals surface area contributed by atoms with Crippen LogP contribution < -0.4 is 11.1 Å². The number of nitrogens with one attached hydrogen (secondary N) is 1. The van der Waals surface area contributed by atoms with Crippen molar-refractivity contribution in [1.82, 2.24) is 20.1 Å². The Labute approximate surface area is 182 Å². The number of hydrogen-bond acceptors (Lipinski definition) is 5. The van der Waals surface area contributed by atoms with Gasteiger partial charge in [0.15, 0.2) is 0 Å². The first-order valence-corrected chi connectivity index (χ1v) is 11.0. The van der Waals surface area contributed by atoms with E-state index in [-0.39, 0.29) is 41.6 Å². The van der Waals surface area contributed by atoms with Gasteiger partial charge in [-0.2, -0.15) is 0 Å². The van der Waals surface area contributed by atoms with E-state index in [1.165, 1.54) is 12.1 Å². The number of hydrogen-bond donors (Lipinski definition) is 2. The molecule has 0 aromatic carbocycles. The summed E-state index contributed by atoms with van der Waals surface area (Å²) in [6.07, 6.45) is 4.71. The van der Waals surface area contributed by atoms with Gasteiger partial charge >= 0.3 is 0 Å². The maximum Gasteiger partial charge on any atom is 0.270 e. The maximum atomic E-state index is 13.2. The number of nitrogens with two attached hydrogens (primary N) is 1. The molecule has 2 aliphatic rings. The average molecular weight is 430 g/mol. The van der Waals surface area contributed by atoms with Crippen LogP contribution >= 0.6 is 0 Å². The third kappa shape index (κ3) is 5.80. The number of carbonyl (C=O) groups is 4. The van der Waals surface area contributed by atoms with Crippen LogP contribution in [0.15, 0.2) is 18.2 Å². The number of pyridine rings is 1. The van der Waals surface area contributed by atoms with Crippen LogP contribution in [0.5, 0.6) is 0 Å². The predicted octanol–water partition coefficient (Wildman–Crippen LogP) is 0.940. The van der Waals surface area contributed by atoms with Crippen LogP contribution in [0.4, 0.5) is 0 Å². The average Bonchev–Trinajstić information content (AvgIpc) is 3.10. The summed E-state index contributed by atoms with van der Waals surface area (Å²) in [4.78, 5) is 57.0. The first kappa shape index (κ1) is 22.7. The molecule has 31 heavy (non-hydrogen) atoms. The van der Waals surface area contributed by atoms with Crippen LogP contribution in [0.2, 0.25) is 0 Å². The number of amides is 4. The Bertz CT molecular complexity index is 843. The standard InChI is InChI=1S/C22H31N5O4/c1-2-10-26-13-15(12-19(26)28)22(31)27-11-5-3-4-7-16(14-27)24-21(30)18-9-6-8-17(25-18)20(23)29/h6,8-9,15-16H,2-5,7,10-14H2,1H3,(H2,23,29)(H,24,30). The van der Waals surface area contributed by atoms with E-state index in [4.69, 9.17) is 5.73 Å². The van der Waals surface area contributed by atoms with Crippen molar-refractivity contribution in [2.24, 2.45) is 11.7 Å². The zero-order valence-electron chi connectivity index (χ0n) is 18.0. The lowest BCUT2D eigenvalue weighted by atomic mass is 10.0. The van der Waals surface area contributed by atoms with Crippen molar-refractivity contribution in [1.29, 1.82) is 0 Å². The lowest BCUT2D eigenvalue weighted by molar-refractivity contribution is -0.136. The van der Waals surface area contributed by atoms with Gasteiger partial charge in [-0.25, -0.2) is 4.98 Å². The highest BCUT2D eigenvalue weighted by Gasteiger charge is 2.36. The Kier molecular flexibility index (Phi) is 7.59. The fourth-order valence-electron chi connectivity index (χ4n) is 4.28. The molecule has 3 heterocycles. The molecule has 2 aliphatic heterocycles. The molecule has 4 amide bonds. The molecule has 1 aromatic heterocycles. The van der Waals surface area contributed by atoms with Gasteiger partial charge in [-0.3, -0.25) is 19.2 Å². The minimum atomic E-state index is -0.694. The van der Waals surface area contributed by atoms with Gasteiger partial charge in [0, 0.05) is 38.6 Å². The Balaban J connectivity index is 1.65. The molecule has 0 spiro atoms. The quantitative estimate of drug-likeness (QED) is 0.696. The zero-order valence-corrected chi connectivity index (χ0v) is 18.0. The largest absolute Gasteiger partial charge is 0.364 e. The van der Waals surface area contributed by atoms with Crippen molar-refractivity contribution in [2.75, 3.05) is 26.2 Å². The van der Waals surface area contributed by atoms with Gasteiger partial charge in [0.2, 0.25) is 11.8 Å². The van der Waals surface area contributed by atoms with Crippen LogP contribution in [0.3, 0.4) is 0 Å². The van der Waals surface area contributed by atoms with Crippen molar-refractivity contribution in [2.45, 2.75) is 51.5 Å². The molecule has 2 saturated heterocycles. The van der Waals surface area contributed by atoms with E-state index in [0.29, 0.717) is 26.2 Å². The van der Waals surface area contributed by atoms with Gasteiger partial charge in [0.1, 0.15) is 11.4 Å². The Morgan fingerprint density at radius 2 is 1.94 bits per heavy atom. The fraction of sp³-hybridized carbons (Fsp3) is 0.591. The predicted molar refractivity (Wildman–Crippen MR) is 114 cm³/mol. The van der Waals surface area contributed by atoms with Crippen LogP contribution in [0.1, 0.15) is 66.4 Å². The van der Waals surface area contributed by atoms with Crippen molar-refractivity contribution in [3.8, 4) is 0 Å². The first-order valence-electron chi connectivity index (χ1n) is 11.0. The maximum absolute atomic E-state index is 13.2. The van der Waals surface area contributed by atoms with Gasteiger partial charge in [-0.1, -0.05) is 25.8 Å². The SMILES string of the molecule is CCCN1CC(C(=O)N2CCCCCC(NC(=O)c3cccc(C(N)=O)n3)C2)CC1=O. The molecule has 2 atom stereocenters. The lowest BCUT2D eigenvalue weighted by Gasteiger charge is -2.32. The second kappa shape index (κ2) is 10.4. The molecule has 0 bridgehead atoms. The number of carbonyl (C=O) groups excluding carboxylic acids is 4. The molecular weight excluding hydrogens is 398 g/mol. The van der Waals surface area contributed by atoms with Crippen LogP contribution in [0.25, 0.3) is 0 Å². The number of rotatable bonds is 6. The number of nitrogens with zero attached hydrogens (tertiary/aromatic N) is 3. The van der Waals surface area contributed by atoms with Gasteiger partial charge in [0.25, 0.3) is 11.8 Å². The summed E-state index contributed by atoms with van der Waals surface area (Å²) in [5, 5.41) is 2.96. The molecule has 1 aromatic rings. The van der Waals surface area contributed by atoms with E-state index >= 15 is 0 Å². The Morgan fingerprint density at radius 1 is 1.16 bits per heavy atom. The van der Waals surface area contributed by atoms with Crippen LogP contribution in [-0.4, -0.2) is 70.6 Å². The first-order chi connectivity index (χ1) is 14.9. The molecule has 2 unspecified atom stereocenters. The summed E-state index contributed by atoms with van der Waals surface area (Å²) in [7, 11) is 0.